The monoisotopic (exact) mass is 545 g/mol. The Morgan fingerprint density at radius 2 is 1.79 bits per heavy atom. The van der Waals surface area contributed by atoms with Gasteiger partial charge in [-0.15, -0.1) is 5.10 Å². The Hall–Kier alpha value is -4.46. The first kappa shape index (κ1) is 27.6. The Balaban J connectivity index is 0.000000448. The van der Waals surface area contributed by atoms with Crippen LogP contribution in [0.4, 0.5) is 17.6 Å². The normalized spacial score (nSPS) is 16.1. The van der Waals surface area contributed by atoms with E-state index >= 15 is 0 Å². The highest BCUT2D eigenvalue weighted by Gasteiger charge is 2.38. The van der Waals surface area contributed by atoms with Crippen LogP contribution in [-0.2, 0) is 4.79 Å². The van der Waals surface area contributed by atoms with Crippen molar-refractivity contribution in [1.29, 1.82) is 0 Å². The number of aliphatic carboxylic acids is 1. The second-order valence-corrected chi connectivity index (χ2v) is 8.83. The third kappa shape index (κ3) is 6.34. The summed E-state index contributed by atoms with van der Waals surface area (Å²) in [5, 5.41) is 15.9. The smallest absolute Gasteiger partial charge is 0.475 e. The highest BCUT2D eigenvalue weighted by atomic mass is 19.4. The molecule has 1 N–H and O–H groups in total. The van der Waals surface area contributed by atoms with Crippen molar-refractivity contribution in [3.63, 3.8) is 0 Å². The van der Waals surface area contributed by atoms with Crippen LogP contribution in [0.1, 0.15) is 27.9 Å². The van der Waals surface area contributed by atoms with Crippen molar-refractivity contribution in [2.45, 2.75) is 19.1 Å². The van der Waals surface area contributed by atoms with E-state index in [0.717, 1.165) is 28.0 Å². The van der Waals surface area contributed by atoms with E-state index in [4.69, 9.17) is 9.90 Å². The van der Waals surface area contributed by atoms with Crippen LogP contribution in [0, 0.1) is 12.7 Å². The van der Waals surface area contributed by atoms with Crippen LogP contribution in [-0.4, -0.2) is 84.4 Å². The van der Waals surface area contributed by atoms with Crippen molar-refractivity contribution >= 4 is 17.4 Å². The second kappa shape index (κ2) is 11.1. The number of pyridine rings is 1. The molecule has 1 aromatic carbocycles. The molecule has 3 aromatic heterocycles. The van der Waals surface area contributed by atoms with Crippen LogP contribution in [0.2, 0.25) is 0 Å². The van der Waals surface area contributed by atoms with Gasteiger partial charge < -0.3 is 10.0 Å². The predicted octanol–water partition coefficient (Wildman–Crippen LogP) is 3.40. The van der Waals surface area contributed by atoms with Gasteiger partial charge in [-0.05, 0) is 37.7 Å². The minimum absolute atomic E-state index is 0.108. The lowest BCUT2D eigenvalue weighted by atomic mass is 10.1. The maximum Gasteiger partial charge on any atom is 0.490 e. The highest BCUT2D eigenvalue weighted by molar-refractivity contribution is 5.92. The van der Waals surface area contributed by atoms with Crippen molar-refractivity contribution in [3.8, 4) is 11.1 Å². The van der Waals surface area contributed by atoms with E-state index in [1.807, 2.05) is 38.4 Å². The zero-order valence-corrected chi connectivity index (χ0v) is 20.8. The summed E-state index contributed by atoms with van der Waals surface area (Å²) in [6, 6.07) is 10.2. The minimum atomic E-state index is -5.08. The number of rotatable bonds is 3. The van der Waals surface area contributed by atoms with E-state index in [9.17, 15) is 22.4 Å². The Labute approximate surface area is 219 Å². The number of alkyl halides is 3. The topological polar surface area (TPSA) is 117 Å². The molecule has 0 spiro atoms. The van der Waals surface area contributed by atoms with Gasteiger partial charge in [0.1, 0.15) is 17.2 Å². The van der Waals surface area contributed by atoms with Gasteiger partial charge in [-0.1, -0.05) is 23.4 Å². The average Bonchev–Trinajstić information content (AvgIpc) is 3.32. The standard InChI is InChI=1S/C23H22FN7O.C2HF3O2/c1-15-11-26-19(12-25-15)23(32)30-9-8-29(2)21(14-30)22-20-7-6-17(13-31(20)28-27-22)16-4-3-5-18(24)10-16;3-2(4,5)1(6)7/h3-7,10-13,21H,8-9,14H2,1-2H3;(H,6,7). The Kier molecular flexibility index (Phi) is 7.85. The number of piperazine rings is 1. The summed E-state index contributed by atoms with van der Waals surface area (Å²) in [4.78, 5) is 34.2. The van der Waals surface area contributed by atoms with Crippen LogP contribution in [0.15, 0.2) is 55.0 Å². The number of halogens is 4. The lowest BCUT2D eigenvalue weighted by molar-refractivity contribution is -0.192. The number of carbonyl (C=O) groups excluding carboxylic acids is 1. The summed E-state index contributed by atoms with van der Waals surface area (Å²) in [5.74, 6) is -3.18. The zero-order valence-electron chi connectivity index (χ0n) is 20.8. The lowest BCUT2D eigenvalue weighted by Crippen LogP contribution is -2.49. The first-order chi connectivity index (χ1) is 18.4. The molecule has 4 aromatic rings. The molecule has 1 saturated heterocycles. The Morgan fingerprint density at radius 1 is 1.05 bits per heavy atom. The van der Waals surface area contributed by atoms with E-state index < -0.39 is 12.1 Å². The number of aryl methyl sites for hydroxylation is 1. The van der Waals surface area contributed by atoms with Crippen molar-refractivity contribution in [2.75, 3.05) is 26.7 Å². The van der Waals surface area contributed by atoms with Gasteiger partial charge in [-0.3, -0.25) is 14.7 Å². The summed E-state index contributed by atoms with van der Waals surface area (Å²) in [5.41, 5.74) is 4.38. The summed E-state index contributed by atoms with van der Waals surface area (Å²) in [6.07, 6.45) is -0.120. The van der Waals surface area contributed by atoms with Gasteiger partial charge in [0, 0.05) is 37.6 Å². The lowest BCUT2D eigenvalue weighted by Gasteiger charge is -2.38. The predicted molar refractivity (Wildman–Crippen MR) is 130 cm³/mol. The van der Waals surface area contributed by atoms with E-state index in [2.05, 4.69) is 25.2 Å². The van der Waals surface area contributed by atoms with Gasteiger partial charge >= 0.3 is 12.1 Å². The van der Waals surface area contributed by atoms with E-state index in [0.29, 0.717) is 25.3 Å². The number of carbonyl (C=O) groups is 2. The largest absolute Gasteiger partial charge is 0.490 e. The molecule has 10 nitrogen and oxygen atoms in total. The molecular formula is C25H23F4N7O3. The summed E-state index contributed by atoms with van der Waals surface area (Å²) in [7, 11) is 2.02. The third-order valence-electron chi connectivity index (χ3n) is 6.09. The molecule has 39 heavy (non-hydrogen) atoms. The molecule has 204 valence electrons. The van der Waals surface area contributed by atoms with Crippen LogP contribution in [0.25, 0.3) is 16.6 Å². The molecule has 0 radical (unpaired) electrons. The number of nitrogens with zero attached hydrogens (tertiary/aromatic N) is 7. The van der Waals surface area contributed by atoms with Gasteiger partial charge in [0.05, 0.1) is 23.4 Å². The number of fused-ring (bicyclic) bond motifs is 1. The SMILES string of the molecule is Cc1cnc(C(=O)N2CCN(C)C(c3nnn4cc(-c5cccc(F)c5)ccc34)C2)cn1.O=C(O)C(F)(F)F. The molecule has 0 aliphatic carbocycles. The number of carboxylic acid groups (broad SMARTS) is 1. The second-order valence-electron chi connectivity index (χ2n) is 8.83. The molecule has 14 heteroatoms. The molecule has 0 bridgehead atoms. The van der Waals surface area contributed by atoms with E-state index in [1.165, 1.54) is 18.3 Å². The number of amides is 1. The van der Waals surface area contributed by atoms with Gasteiger partial charge in [0.2, 0.25) is 0 Å². The Bertz CT molecular complexity index is 1490. The average molecular weight is 545 g/mol. The quantitative estimate of drug-likeness (QED) is 0.390. The fourth-order valence-electron chi connectivity index (χ4n) is 4.01. The molecule has 1 aliphatic rings. The molecule has 1 atom stereocenters. The molecule has 0 saturated carbocycles. The molecule has 5 rings (SSSR count). The molecule has 1 fully saturated rings. The number of carboxylic acids is 1. The van der Waals surface area contributed by atoms with Crippen molar-refractivity contribution in [3.05, 3.63) is 77.9 Å². The first-order valence-electron chi connectivity index (χ1n) is 11.6. The fraction of sp³-hybridized carbons (Fsp3) is 0.280. The highest BCUT2D eigenvalue weighted by Crippen LogP contribution is 2.28. The van der Waals surface area contributed by atoms with Crippen molar-refractivity contribution in [1.82, 2.24) is 34.6 Å². The number of hydrogen-bond acceptors (Lipinski definition) is 7. The van der Waals surface area contributed by atoms with E-state index in [-0.39, 0.29) is 17.8 Å². The van der Waals surface area contributed by atoms with Gasteiger partial charge in [-0.2, -0.15) is 13.2 Å². The minimum Gasteiger partial charge on any atom is -0.475 e. The maximum absolute atomic E-state index is 13.6. The fourth-order valence-corrected chi connectivity index (χ4v) is 4.01. The first-order valence-corrected chi connectivity index (χ1v) is 11.6. The summed E-state index contributed by atoms with van der Waals surface area (Å²) < 4.78 is 47.1. The molecule has 1 amide bonds. The van der Waals surface area contributed by atoms with Crippen molar-refractivity contribution in [2.24, 2.45) is 0 Å². The van der Waals surface area contributed by atoms with Gasteiger partial charge in [-0.25, -0.2) is 18.7 Å². The zero-order chi connectivity index (χ0) is 28.3. The van der Waals surface area contributed by atoms with Crippen LogP contribution < -0.4 is 0 Å². The molecular weight excluding hydrogens is 522 g/mol. The third-order valence-corrected chi connectivity index (χ3v) is 6.09. The molecule has 1 aliphatic heterocycles. The van der Waals surface area contributed by atoms with Gasteiger partial charge in [0.25, 0.3) is 5.91 Å². The summed E-state index contributed by atoms with van der Waals surface area (Å²) in [6.45, 7) is 3.62. The maximum atomic E-state index is 13.6. The number of hydrogen-bond donors (Lipinski definition) is 1. The molecule has 1 unspecified atom stereocenters. The Morgan fingerprint density at radius 3 is 2.44 bits per heavy atom. The van der Waals surface area contributed by atoms with Crippen molar-refractivity contribution < 1.29 is 32.3 Å². The number of benzene rings is 1. The van der Waals surface area contributed by atoms with Crippen LogP contribution in [0.5, 0.6) is 0 Å². The van der Waals surface area contributed by atoms with Crippen LogP contribution in [0.3, 0.4) is 0 Å². The van der Waals surface area contributed by atoms with E-state index in [1.54, 1.807) is 21.7 Å². The number of aromatic nitrogens is 5. The van der Waals surface area contributed by atoms with Gasteiger partial charge in [0.15, 0.2) is 0 Å². The molecule has 4 heterocycles. The summed E-state index contributed by atoms with van der Waals surface area (Å²) >= 11 is 0. The van der Waals surface area contributed by atoms with Crippen LogP contribution >= 0.6 is 0 Å². The number of likely N-dealkylation sites (N-methyl/N-ethyl adjacent to an activating group) is 1.